The summed E-state index contributed by atoms with van der Waals surface area (Å²) in [5.74, 6) is 0. The van der Waals surface area contributed by atoms with Gasteiger partial charge in [-0.3, -0.25) is 0 Å². The van der Waals surface area contributed by atoms with E-state index in [4.69, 9.17) is 0 Å². The van der Waals surface area contributed by atoms with Crippen molar-refractivity contribution in [3.05, 3.63) is 36.0 Å². The van der Waals surface area contributed by atoms with Crippen molar-refractivity contribution in [3.63, 3.8) is 0 Å². The smallest absolute Gasteiger partial charge is 0.0454 e. The van der Waals surface area contributed by atoms with Gasteiger partial charge in [-0.1, -0.05) is 6.07 Å². The van der Waals surface area contributed by atoms with Gasteiger partial charge in [0.1, 0.15) is 0 Å². The minimum atomic E-state index is 0.554. The van der Waals surface area contributed by atoms with Gasteiger partial charge in [-0.2, -0.15) is 11.8 Å². The molecule has 0 saturated heterocycles. The largest absolute Gasteiger partial charge is 0.361 e. The molecule has 3 heteroatoms. The van der Waals surface area contributed by atoms with Gasteiger partial charge in [0.15, 0.2) is 0 Å². The molecule has 0 amide bonds. The highest BCUT2D eigenvalue weighted by Crippen LogP contribution is 2.46. The van der Waals surface area contributed by atoms with Crippen molar-refractivity contribution < 1.29 is 0 Å². The first-order valence-corrected chi connectivity index (χ1v) is 7.36. The highest BCUT2D eigenvalue weighted by atomic mass is 32.2. The molecule has 0 spiro atoms. The molecule has 1 saturated carbocycles. The summed E-state index contributed by atoms with van der Waals surface area (Å²) in [4.78, 5) is 3.22. The van der Waals surface area contributed by atoms with E-state index in [0.29, 0.717) is 4.75 Å². The molecule has 1 aliphatic rings. The number of fused-ring (bicyclic) bond motifs is 1. The Hall–Kier alpha value is -0.930. The van der Waals surface area contributed by atoms with E-state index in [1.807, 2.05) is 18.0 Å². The topological polar surface area (TPSA) is 27.8 Å². The Kier molecular flexibility index (Phi) is 2.89. The average molecular weight is 246 g/mol. The van der Waals surface area contributed by atoms with E-state index in [0.717, 1.165) is 13.1 Å². The average Bonchev–Trinajstić information content (AvgIpc) is 2.98. The molecule has 1 heterocycles. The fourth-order valence-corrected chi connectivity index (χ4v) is 3.00. The molecule has 0 unspecified atom stereocenters. The summed E-state index contributed by atoms with van der Waals surface area (Å²) in [5.41, 5.74) is 2.59. The Morgan fingerprint density at radius 3 is 3.00 bits per heavy atom. The molecule has 2 nitrogen and oxygen atoms in total. The lowest BCUT2D eigenvalue weighted by molar-refractivity contribution is 0.663. The van der Waals surface area contributed by atoms with Gasteiger partial charge >= 0.3 is 0 Å². The summed E-state index contributed by atoms with van der Waals surface area (Å²) in [6, 6.07) is 8.75. The van der Waals surface area contributed by atoms with Gasteiger partial charge < -0.3 is 10.3 Å². The van der Waals surface area contributed by atoms with Gasteiger partial charge in [0.25, 0.3) is 0 Å². The molecule has 90 valence electrons. The minimum Gasteiger partial charge on any atom is -0.361 e. The van der Waals surface area contributed by atoms with Crippen LogP contribution in [0.5, 0.6) is 0 Å². The third-order valence-electron chi connectivity index (χ3n) is 3.63. The number of aromatic nitrogens is 1. The second-order valence-electron chi connectivity index (χ2n) is 4.89. The summed E-state index contributed by atoms with van der Waals surface area (Å²) >= 11 is 2.01. The van der Waals surface area contributed by atoms with E-state index in [1.54, 1.807) is 0 Å². The molecule has 17 heavy (non-hydrogen) atoms. The SMILES string of the molecule is CSC1(CNCc2ccc3[nH]ccc3c2)CC1. The van der Waals surface area contributed by atoms with Gasteiger partial charge in [-0.05, 0) is 48.2 Å². The predicted octanol–water partition coefficient (Wildman–Crippen LogP) is 3.15. The van der Waals surface area contributed by atoms with Gasteiger partial charge in [0.2, 0.25) is 0 Å². The van der Waals surface area contributed by atoms with Crippen molar-refractivity contribution in [3.8, 4) is 0 Å². The summed E-state index contributed by atoms with van der Waals surface area (Å²) in [7, 11) is 0. The molecule has 0 bridgehead atoms. The number of hydrogen-bond acceptors (Lipinski definition) is 2. The first-order chi connectivity index (χ1) is 8.31. The van der Waals surface area contributed by atoms with Crippen LogP contribution in [0.4, 0.5) is 0 Å². The van der Waals surface area contributed by atoms with E-state index < -0.39 is 0 Å². The highest BCUT2D eigenvalue weighted by Gasteiger charge is 2.41. The summed E-state index contributed by atoms with van der Waals surface area (Å²) in [6.07, 6.45) is 6.96. The Labute approximate surface area is 106 Å². The zero-order valence-corrected chi connectivity index (χ0v) is 10.9. The summed E-state index contributed by atoms with van der Waals surface area (Å²) < 4.78 is 0.554. The van der Waals surface area contributed by atoms with Gasteiger partial charge in [-0.15, -0.1) is 0 Å². The van der Waals surface area contributed by atoms with E-state index in [1.165, 1.54) is 29.3 Å². The molecule has 0 atom stereocenters. The second-order valence-corrected chi connectivity index (χ2v) is 6.16. The summed E-state index contributed by atoms with van der Waals surface area (Å²) in [5, 5.41) is 4.88. The van der Waals surface area contributed by atoms with Crippen molar-refractivity contribution in [1.82, 2.24) is 10.3 Å². The van der Waals surface area contributed by atoms with Crippen molar-refractivity contribution in [2.45, 2.75) is 24.1 Å². The highest BCUT2D eigenvalue weighted by molar-refractivity contribution is 8.00. The van der Waals surface area contributed by atoms with E-state index in [9.17, 15) is 0 Å². The molecule has 0 radical (unpaired) electrons. The van der Waals surface area contributed by atoms with Crippen LogP contribution in [0.15, 0.2) is 30.5 Å². The zero-order valence-electron chi connectivity index (χ0n) is 10.1. The van der Waals surface area contributed by atoms with Crippen molar-refractivity contribution in [1.29, 1.82) is 0 Å². The molecule has 2 N–H and O–H groups in total. The number of H-pyrrole nitrogens is 1. The van der Waals surface area contributed by atoms with Crippen LogP contribution in [-0.4, -0.2) is 22.5 Å². The van der Waals surface area contributed by atoms with Crippen LogP contribution in [0.2, 0.25) is 0 Å². The number of nitrogens with one attached hydrogen (secondary N) is 2. The van der Waals surface area contributed by atoms with Gasteiger partial charge in [0.05, 0.1) is 0 Å². The molecule has 1 aromatic heterocycles. The van der Waals surface area contributed by atoms with Gasteiger partial charge in [0, 0.05) is 29.6 Å². The lowest BCUT2D eigenvalue weighted by Gasteiger charge is -2.13. The Morgan fingerprint density at radius 1 is 1.35 bits per heavy atom. The Morgan fingerprint density at radius 2 is 2.24 bits per heavy atom. The number of rotatable bonds is 5. The number of hydrogen-bond donors (Lipinski definition) is 2. The van der Waals surface area contributed by atoms with Crippen LogP contribution in [-0.2, 0) is 6.54 Å². The van der Waals surface area contributed by atoms with Crippen molar-refractivity contribution in [2.75, 3.05) is 12.8 Å². The predicted molar refractivity (Wildman–Crippen MR) is 75.5 cm³/mol. The molecule has 1 aromatic carbocycles. The molecule has 1 aliphatic carbocycles. The first-order valence-electron chi connectivity index (χ1n) is 6.13. The normalized spacial score (nSPS) is 17.5. The molecule has 1 fully saturated rings. The molecule has 2 aromatic rings. The maximum absolute atomic E-state index is 3.58. The van der Waals surface area contributed by atoms with Crippen molar-refractivity contribution >= 4 is 22.7 Å². The van der Waals surface area contributed by atoms with Crippen molar-refractivity contribution in [2.24, 2.45) is 0 Å². The zero-order chi connectivity index (χ0) is 11.7. The van der Waals surface area contributed by atoms with Crippen LogP contribution < -0.4 is 5.32 Å². The third kappa shape index (κ3) is 2.35. The Balaban J connectivity index is 1.60. The van der Waals surface area contributed by atoms with Crippen LogP contribution in [0, 0.1) is 0 Å². The fraction of sp³-hybridized carbons (Fsp3) is 0.429. The minimum absolute atomic E-state index is 0.554. The quantitative estimate of drug-likeness (QED) is 0.848. The second kappa shape index (κ2) is 4.39. The molecule has 0 aliphatic heterocycles. The standard InChI is InChI=1S/C14H18N2S/c1-17-14(5-6-14)10-15-9-11-2-3-13-12(8-11)4-7-16-13/h2-4,7-8,15-16H,5-6,9-10H2,1H3. The van der Waals surface area contributed by atoms with E-state index >= 15 is 0 Å². The van der Waals surface area contributed by atoms with E-state index in [2.05, 4.69) is 40.8 Å². The van der Waals surface area contributed by atoms with Crippen LogP contribution in [0.25, 0.3) is 10.9 Å². The molecular weight excluding hydrogens is 228 g/mol. The molecular formula is C14H18N2S. The van der Waals surface area contributed by atoms with Crippen LogP contribution in [0.3, 0.4) is 0 Å². The maximum atomic E-state index is 3.58. The number of thioether (sulfide) groups is 1. The lowest BCUT2D eigenvalue weighted by Crippen LogP contribution is -2.25. The maximum Gasteiger partial charge on any atom is 0.0454 e. The lowest BCUT2D eigenvalue weighted by atomic mass is 10.1. The van der Waals surface area contributed by atoms with E-state index in [-0.39, 0.29) is 0 Å². The number of benzene rings is 1. The van der Waals surface area contributed by atoms with Crippen LogP contribution in [0.1, 0.15) is 18.4 Å². The summed E-state index contributed by atoms with van der Waals surface area (Å²) in [6.45, 7) is 2.11. The Bertz CT molecular complexity index is 514. The molecule has 3 rings (SSSR count). The van der Waals surface area contributed by atoms with Crippen LogP contribution >= 0.6 is 11.8 Å². The first kappa shape index (κ1) is 11.2. The number of aromatic amines is 1. The monoisotopic (exact) mass is 246 g/mol. The van der Waals surface area contributed by atoms with Gasteiger partial charge in [-0.25, -0.2) is 0 Å². The third-order valence-corrected chi connectivity index (χ3v) is 5.05. The fourth-order valence-electron chi connectivity index (χ4n) is 2.24.